The summed E-state index contributed by atoms with van der Waals surface area (Å²) in [7, 11) is 0. The lowest BCUT2D eigenvalue weighted by Crippen LogP contribution is -2.14. The van der Waals surface area contributed by atoms with E-state index in [1.54, 1.807) is 6.07 Å². The summed E-state index contributed by atoms with van der Waals surface area (Å²) < 4.78 is 1.49. The molecule has 0 saturated heterocycles. The van der Waals surface area contributed by atoms with Crippen LogP contribution < -0.4 is 5.56 Å². The number of hydrogen-bond acceptors (Lipinski definition) is 2. The van der Waals surface area contributed by atoms with E-state index in [4.69, 9.17) is 11.6 Å². The van der Waals surface area contributed by atoms with E-state index in [0.717, 1.165) is 16.8 Å². The lowest BCUT2D eigenvalue weighted by Gasteiger charge is -2.04. The van der Waals surface area contributed by atoms with Crippen LogP contribution in [0.5, 0.6) is 0 Å². The maximum atomic E-state index is 12.2. The monoisotopic (exact) mass is 285 g/mol. The number of hydrogen-bond donors (Lipinski definition) is 1. The van der Waals surface area contributed by atoms with Crippen LogP contribution in [0.15, 0.2) is 41.3 Å². The van der Waals surface area contributed by atoms with Crippen LogP contribution in [0.4, 0.5) is 0 Å². The highest BCUT2D eigenvalue weighted by Crippen LogP contribution is 2.41. The minimum absolute atomic E-state index is 0.114. The van der Waals surface area contributed by atoms with E-state index in [-0.39, 0.29) is 5.56 Å². The number of aromatic amines is 1. The van der Waals surface area contributed by atoms with Gasteiger partial charge in [-0.25, -0.2) is 9.50 Å². The van der Waals surface area contributed by atoms with Crippen molar-refractivity contribution in [2.24, 2.45) is 0 Å². The standard InChI is InChI=1S/C15H12ClN3O/c16-12-4-2-1-3-10(12)13-7-14(20)19-15(18-13)11(8-17-19)9-5-6-9/h1-4,7-9,17H,5-6H2. The summed E-state index contributed by atoms with van der Waals surface area (Å²) in [5.41, 5.74) is 3.14. The van der Waals surface area contributed by atoms with Crippen molar-refractivity contribution in [1.82, 2.24) is 14.6 Å². The molecule has 0 radical (unpaired) electrons. The number of fused-ring (bicyclic) bond motifs is 1. The number of halogens is 1. The van der Waals surface area contributed by atoms with Gasteiger partial charge in [0, 0.05) is 28.4 Å². The molecule has 2 aromatic heterocycles. The zero-order valence-corrected chi connectivity index (χ0v) is 11.4. The Morgan fingerprint density at radius 1 is 1.30 bits per heavy atom. The molecule has 1 N–H and O–H groups in total. The third-order valence-electron chi connectivity index (χ3n) is 3.69. The van der Waals surface area contributed by atoms with Crippen molar-refractivity contribution >= 4 is 17.2 Å². The Labute approximate surface area is 120 Å². The van der Waals surface area contributed by atoms with Crippen LogP contribution in [0.25, 0.3) is 16.9 Å². The second kappa shape index (κ2) is 4.21. The van der Waals surface area contributed by atoms with Crippen molar-refractivity contribution in [3.63, 3.8) is 0 Å². The molecule has 2 heterocycles. The molecule has 5 heteroatoms. The lowest BCUT2D eigenvalue weighted by atomic mass is 10.1. The van der Waals surface area contributed by atoms with E-state index >= 15 is 0 Å². The number of aromatic nitrogens is 3. The molecule has 1 aromatic carbocycles. The number of nitrogens with one attached hydrogen (secondary N) is 1. The molecule has 100 valence electrons. The maximum absolute atomic E-state index is 12.2. The van der Waals surface area contributed by atoms with Gasteiger partial charge in [-0.3, -0.25) is 9.89 Å². The van der Waals surface area contributed by atoms with Crippen LogP contribution in [0.1, 0.15) is 24.3 Å². The lowest BCUT2D eigenvalue weighted by molar-refractivity contribution is 0.901. The summed E-state index contributed by atoms with van der Waals surface area (Å²) in [6.07, 6.45) is 4.22. The predicted molar refractivity (Wildman–Crippen MR) is 78.2 cm³/mol. The van der Waals surface area contributed by atoms with Crippen molar-refractivity contribution in [3.8, 4) is 11.3 Å². The molecular formula is C15H12ClN3O. The fraction of sp³-hybridized carbons (Fsp3) is 0.200. The molecule has 1 aliphatic rings. The maximum Gasteiger partial charge on any atom is 0.273 e. The molecule has 0 atom stereocenters. The number of rotatable bonds is 2. The number of benzene rings is 1. The Kier molecular flexibility index (Phi) is 2.47. The minimum atomic E-state index is -0.114. The van der Waals surface area contributed by atoms with Crippen LogP contribution in [-0.4, -0.2) is 14.6 Å². The molecular weight excluding hydrogens is 274 g/mol. The largest absolute Gasteiger partial charge is 0.297 e. The zero-order chi connectivity index (χ0) is 13.7. The van der Waals surface area contributed by atoms with Crippen molar-refractivity contribution in [2.75, 3.05) is 0 Å². The Morgan fingerprint density at radius 2 is 2.10 bits per heavy atom. The molecule has 0 spiro atoms. The summed E-state index contributed by atoms with van der Waals surface area (Å²) in [5.74, 6) is 0.532. The minimum Gasteiger partial charge on any atom is -0.297 e. The van der Waals surface area contributed by atoms with Crippen LogP contribution in [0.3, 0.4) is 0 Å². The first-order chi connectivity index (χ1) is 9.74. The molecule has 0 bridgehead atoms. The molecule has 0 unspecified atom stereocenters. The van der Waals surface area contributed by atoms with Crippen LogP contribution in [0, 0.1) is 0 Å². The van der Waals surface area contributed by atoms with E-state index < -0.39 is 0 Å². The Bertz CT molecular complexity index is 861. The van der Waals surface area contributed by atoms with Gasteiger partial charge in [-0.1, -0.05) is 29.8 Å². The summed E-state index contributed by atoms with van der Waals surface area (Å²) in [6.45, 7) is 0. The van der Waals surface area contributed by atoms with E-state index in [1.807, 2.05) is 24.4 Å². The summed E-state index contributed by atoms with van der Waals surface area (Å²) in [4.78, 5) is 16.8. The zero-order valence-electron chi connectivity index (χ0n) is 10.6. The van der Waals surface area contributed by atoms with Gasteiger partial charge in [-0.05, 0) is 24.8 Å². The molecule has 1 fully saturated rings. The first-order valence-electron chi connectivity index (χ1n) is 6.60. The fourth-order valence-corrected chi connectivity index (χ4v) is 2.73. The van der Waals surface area contributed by atoms with Gasteiger partial charge in [0.1, 0.15) is 0 Å². The van der Waals surface area contributed by atoms with Gasteiger partial charge in [-0.15, -0.1) is 0 Å². The van der Waals surface area contributed by atoms with E-state index in [2.05, 4.69) is 10.1 Å². The SMILES string of the molecule is O=c1cc(-c2ccccc2Cl)nc2c(C3CC3)c[nH]n12. The summed E-state index contributed by atoms with van der Waals surface area (Å²) >= 11 is 6.19. The highest BCUT2D eigenvalue weighted by Gasteiger charge is 2.27. The molecule has 20 heavy (non-hydrogen) atoms. The molecule has 1 aliphatic carbocycles. The van der Waals surface area contributed by atoms with Gasteiger partial charge < -0.3 is 0 Å². The van der Waals surface area contributed by atoms with Gasteiger partial charge in [0.05, 0.1) is 5.69 Å². The van der Waals surface area contributed by atoms with E-state index in [1.165, 1.54) is 23.4 Å². The van der Waals surface area contributed by atoms with Crippen LogP contribution >= 0.6 is 11.6 Å². The van der Waals surface area contributed by atoms with Gasteiger partial charge in [0.2, 0.25) is 0 Å². The van der Waals surface area contributed by atoms with Crippen molar-refractivity contribution < 1.29 is 0 Å². The first kappa shape index (κ1) is 11.7. The quantitative estimate of drug-likeness (QED) is 0.786. The average Bonchev–Trinajstić information content (AvgIpc) is 3.19. The van der Waals surface area contributed by atoms with Crippen LogP contribution in [0.2, 0.25) is 5.02 Å². The first-order valence-corrected chi connectivity index (χ1v) is 6.98. The van der Waals surface area contributed by atoms with Gasteiger partial charge in [0.25, 0.3) is 5.56 Å². The van der Waals surface area contributed by atoms with E-state index in [9.17, 15) is 4.79 Å². The normalized spacial score (nSPS) is 14.8. The van der Waals surface area contributed by atoms with Crippen molar-refractivity contribution in [1.29, 1.82) is 0 Å². The van der Waals surface area contributed by atoms with Gasteiger partial charge in [-0.2, -0.15) is 0 Å². The summed E-state index contributed by atoms with van der Waals surface area (Å²) in [6, 6.07) is 8.96. The van der Waals surface area contributed by atoms with Gasteiger partial charge >= 0.3 is 0 Å². The highest BCUT2D eigenvalue weighted by molar-refractivity contribution is 6.33. The molecule has 4 rings (SSSR count). The molecule has 0 aliphatic heterocycles. The third kappa shape index (κ3) is 1.76. The molecule has 3 aromatic rings. The predicted octanol–water partition coefficient (Wildman–Crippen LogP) is 3.22. The fourth-order valence-electron chi connectivity index (χ4n) is 2.50. The topological polar surface area (TPSA) is 50.2 Å². The van der Waals surface area contributed by atoms with Crippen molar-refractivity contribution in [2.45, 2.75) is 18.8 Å². The molecule has 4 nitrogen and oxygen atoms in total. The van der Waals surface area contributed by atoms with Crippen molar-refractivity contribution in [3.05, 3.63) is 57.5 Å². The second-order valence-electron chi connectivity index (χ2n) is 5.12. The Hall–Kier alpha value is -2.07. The van der Waals surface area contributed by atoms with Crippen LogP contribution in [-0.2, 0) is 0 Å². The number of nitrogens with zero attached hydrogens (tertiary/aromatic N) is 2. The molecule has 1 saturated carbocycles. The van der Waals surface area contributed by atoms with Gasteiger partial charge in [0.15, 0.2) is 5.65 Å². The number of H-pyrrole nitrogens is 1. The smallest absolute Gasteiger partial charge is 0.273 e. The Balaban J connectivity index is 1.99. The average molecular weight is 286 g/mol. The molecule has 0 amide bonds. The third-order valence-corrected chi connectivity index (χ3v) is 4.02. The second-order valence-corrected chi connectivity index (χ2v) is 5.53. The Morgan fingerprint density at radius 3 is 2.85 bits per heavy atom. The summed E-state index contributed by atoms with van der Waals surface area (Å²) in [5, 5.41) is 3.58. The highest BCUT2D eigenvalue weighted by atomic mass is 35.5. The van der Waals surface area contributed by atoms with E-state index in [0.29, 0.717) is 16.6 Å².